The highest BCUT2D eigenvalue weighted by molar-refractivity contribution is 8.15. The topological polar surface area (TPSA) is 166 Å². The fourth-order valence-corrected chi connectivity index (χ4v) is 4.68. The highest BCUT2D eigenvalue weighted by Gasteiger charge is 2.33. The second-order valence-electron chi connectivity index (χ2n) is 7.64. The van der Waals surface area contributed by atoms with E-state index in [-0.39, 0.29) is 17.2 Å². The van der Waals surface area contributed by atoms with E-state index in [9.17, 15) is 24.3 Å². The zero-order valence-electron chi connectivity index (χ0n) is 18.7. The molecule has 1 saturated heterocycles. The number of amides is 2. The molecule has 1 fully saturated rings. The molecule has 2 amide bonds. The third-order valence-corrected chi connectivity index (χ3v) is 6.50. The van der Waals surface area contributed by atoms with Crippen LogP contribution in [0.2, 0.25) is 5.02 Å². The van der Waals surface area contributed by atoms with Crippen molar-refractivity contribution in [3.63, 3.8) is 0 Å². The van der Waals surface area contributed by atoms with Crippen molar-refractivity contribution in [2.75, 3.05) is 12.4 Å². The number of hydrogen-bond donors (Lipinski definition) is 5. The Bertz CT molecular complexity index is 1450. The number of aliphatic imine (C=N–C) groups is 1. The maximum atomic E-state index is 12.6. The Morgan fingerprint density at radius 1 is 1.19 bits per heavy atom. The van der Waals surface area contributed by atoms with Gasteiger partial charge in [0, 0.05) is 17.1 Å². The number of methoxy groups -OCH3 is 1. The monoisotopic (exact) mass is 529 g/mol. The Labute approximate surface area is 213 Å². The third-order valence-electron chi connectivity index (χ3n) is 5.17. The minimum atomic E-state index is -1.08. The van der Waals surface area contributed by atoms with Gasteiger partial charge in [-0.1, -0.05) is 41.6 Å². The highest BCUT2D eigenvalue weighted by atomic mass is 35.5. The van der Waals surface area contributed by atoms with Crippen LogP contribution in [0.15, 0.2) is 63.1 Å². The van der Waals surface area contributed by atoms with Crippen LogP contribution in [0, 0.1) is 0 Å². The Morgan fingerprint density at radius 2 is 1.94 bits per heavy atom. The van der Waals surface area contributed by atoms with E-state index >= 15 is 0 Å². The summed E-state index contributed by atoms with van der Waals surface area (Å²) in [6.45, 7) is 0. The number of H-pyrrole nitrogens is 2. The average Bonchev–Trinajstić information content (AvgIpc) is 3.16. The molecule has 186 valence electrons. The second-order valence-corrected chi connectivity index (χ2v) is 9.27. The Balaban J connectivity index is 1.60. The number of amidine groups is 1. The Hall–Kier alpha value is -4.03. The third kappa shape index (κ3) is 5.78. The van der Waals surface area contributed by atoms with Crippen LogP contribution in [0.4, 0.5) is 5.69 Å². The largest absolute Gasteiger partial charge is 0.497 e. The van der Waals surface area contributed by atoms with Crippen LogP contribution in [-0.4, -0.2) is 44.4 Å². The molecule has 1 aliphatic rings. The summed E-state index contributed by atoms with van der Waals surface area (Å²) in [6, 6.07) is 12.1. The fourth-order valence-electron chi connectivity index (χ4n) is 3.49. The van der Waals surface area contributed by atoms with E-state index in [1.807, 2.05) is 0 Å². The van der Waals surface area contributed by atoms with Crippen LogP contribution in [0.25, 0.3) is 0 Å². The van der Waals surface area contributed by atoms with Gasteiger partial charge in [-0.15, -0.1) is 0 Å². The Kier molecular flexibility index (Phi) is 7.46. The van der Waals surface area contributed by atoms with Crippen LogP contribution in [-0.2, 0) is 9.59 Å². The predicted molar refractivity (Wildman–Crippen MR) is 136 cm³/mol. The summed E-state index contributed by atoms with van der Waals surface area (Å²) in [4.78, 5) is 57.8. The minimum Gasteiger partial charge on any atom is -0.497 e. The molecule has 0 saturated carbocycles. The van der Waals surface area contributed by atoms with E-state index in [2.05, 4.69) is 25.6 Å². The standard InChI is InChI=1S/C23H20ClN5O6S/c1-35-14-7-5-11(6-8-14)18(17-20(32)27-22(34)28-21(17)33)26-23-29-19(31)15(36-23)10-16(30)25-13-4-2-3-12(24)9-13/h2-9,15,18H,10H2,1H3,(H,25,30)(H,26,29,31)(H3,27,28,32,33,34)/t15-,18-/m0/s1. The number of aromatic hydroxyl groups is 1. The first-order valence-corrected chi connectivity index (χ1v) is 11.8. The van der Waals surface area contributed by atoms with E-state index in [0.29, 0.717) is 22.0 Å². The summed E-state index contributed by atoms with van der Waals surface area (Å²) < 4.78 is 5.16. The molecular formula is C23H20ClN5O6S. The van der Waals surface area contributed by atoms with Crippen molar-refractivity contribution in [3.05, 3.63) is 85.5 Å². The van der Waals surface area contributed by atoms with Crippen molar-refractivity contribution in [3.8, 4) is 11.6 Å². The first kappa shape index (κ1) is 25.1. The number of hydrogen-bond acceptors (Lipinski definition) is 8. The molecule has 2 atom stereocenters. The van der Waals surface area contributed by atoms with E-state index in [1.54, 1.807) is 48.5 Å². The smallest absolute Gasteiger partial charge is 0.328 e. The molecule has 0 radical (unpaired) electrons. The van der Waals surface area contributed by atoms with E-state index in [1.165, 1.54) is 7.11 Å². The van der Waals surface area contributed by atoms with Crippen LogP contribution in [0.5, 0.6) is 11.6 Å². The minimum absolute atomic E-state index is 0.139. The lowest BCUT2D eigenvalue weighted by Crippen LogP contribution is -2.29. The van der Waals surface area contributed by atoms with Crippen molar-refractivity contribution in [1.29, 1.82) is 0 Å². The molecular weight excluding hydrogens is 510 g/mol. The molecule has 13 heteroatoms. The normalized spacial score (nSPS) is 17.0. The number of nitrogens with zero attached hydrogens (tertiary/aromatic N) is 1. The van der Waals surface area contributed by atoms with Gasteiger partial charge in [0.15, 0.2) is 5.17 Å². The molecule has 1 aromatic heterocycles. The molecule has 36 heavy (non-hydrogen) atoms. The van der Waals surface area contributed by atoms with Gasteiger partial charge in [-0.05, 0) is 35.9 Å². The number of nitrogens with one attached hydrogen (secondary N) is 4. The van der Waals surface area contributed by atoms with E-state index in [4.69, 9.17) is 16.3 Å². The van der Waals surface area contributed by atoms with Crippen molar-refractivity contribution >= 4 is 46.0 Å². The van der Waals surface area contributed by atoms with E-state index in [0.717, 1.165) is 11.8 Å². The van der Waals surface area contributed by atoms with Gasteiger partial charge in [-0.2, -0.15) is 0 Å². The molecule has 0 aliphatic carbocycles. The van der Waals surface area contributed by atoms with Gasteiger partial charge in [0.1, 0.15) is 22.6 Å². The van der Waals surface area contributed by atoms with Crippen LogP contribution < -0.4 is 26.6 Å². The quantitative estimate of drug-likeness (QED) is 0.312. The maximum Gasteiger partial charge on any atom is 0.328 e. The number of carbonyl (C=O) groups excluding carboxylic acids is 2. The van der Waals surface area contributed by atoms with Crippen LogP contribution in [0.1, 0.15) is 23.6 Å². The lowest BCUT2D eigenvalue weighted by Gasteiger charge is -2.15. The number of benzene rings is 2. The van der Waals surface area contributed by atoms with Crippen molar-refractivity contribution in [2.24, 2.45) is 4.99 Å². The number of carbonyl (C=O) groups is 2. The van der Waals surface area contributed by atoms with Gasteiger partial charge in [-0.25, -0.2) is 9.79 Å². The molecule has 3 aromatic rings. The lowest BCUT2D eigenvalue weighted by molar-refractivity contribution is -0.122. The number of aromatic nitrogens is 2. The van der Waals surface area contributed by atoms with Gasteiger partial charge in [0.2, 0.25) is 17.7 Å². The molecule has 4 rings (SSSR count). The summed E-state index contributed by atoms with van der Waals surface area (Å²) in [6.07, 6.45) is -0.139. The lowest BCUT2D eigenvalue weighted by atomic mass is 10.0. The maximum absolute atomic E-state index is 12.6. The molecule has 11 nitrogen and oxygen atoms in total. The number of aromatic amines is 2. The van der Waals surface area contributed by atoms with Gasteiger partial charge in [0.25, 0.3) is 5.56 Å². The predicted octanol–water partition coefficient (Wildman–Crippen LogP) is 2.14. The summed E-state index contributed by atoms with van der Waals surface area (Å²) in [5, 5.41) is 15.5. The average molecular weight is 530 g/mol. The molecule has 0 bridgehead atoms. The molecule has 1 aliphatic heterocycles. The summed E-state index contributed by atoms with van der Waals surface area (Å²) in [7, 11) is 1.50. The second kappa shape index (κ2) is 10.7. The molecule has 2 heterocycles. The van der Waals surface area contributed by atoms with Gasteiger partial charge >= 0.3 is 5.69 Å². The number of ether oxygens (including phenoxy) is 1. The first-order valence-electron chi connectivity index (χ1n) is 10.5. The van der Waals surface area contributed by atoms with Crippen molar-refractivity contribution < 1.29 is 19.4 Å². The van der Waals surface area contributed by atoms with Crippen LogP contribution >= 0.6 is 23.4 Å². The number of anilines is 1. The number of thioether (sulfide) groups is 1. The zero-order valence-corrected chi connectivity index (χ0v) is 20.3. The van der Waals surface area contributed by atoms with Gasteiger partial charge in [0.05, 0.1) is 7.11 Å². The number of rotatable bonds is 7. The molecule has 2 aromatic carbocycles. The van der Waals surface area contributed by atoms with E-state index < -0.39 is 40.2 Å². The molecule has 0 spiro atoms. The molecule has 0 unspecified atom stereocenters. The highest BCUT2D eigenvalue weighted by Crippen LogP contribution is 2.32. The zero-order chi connectivity index (χ0) is 25.8. The SMILES string of the molecule is COc1ccc([C@H](N=C2NC(=O)[C@H](CC(=O)Nc3cccc(Cl)c3)S2)c2c(O)[nH]c(=O)[nH]c2=O)cc1. The summed E-state index contributed by atoms with van der Waals surface area (Å²) >= 11 is 6.95. The van der Waals surface area contributed by atoms with Crippen molar-refractivity contribution in [2.45, 2.75) is 17.7 Å². The van der Waals surface area contributed by atoms with Crippen molar-refractivity contribution in [1.82, 2.24) is 15.3 Å². The fraction of sp³-hybridized carbons (Fsp3) is 0.174. The molecule has 5 N–H and O–H groups in total. The van der Waals surface area contributed by atoms with Gasteiger partial charge in [-0.3, -0.25) is 24.4 Å². The summed E-state index contributed by atoms with van der Waals surface area (Å²) in [5.41, 5.74) is -0.959. The first-order chi connectivity index (χ1) is 17.2. The van der Waals surface area contributed by atoms with Crippen LogP contribution in [0.3, 0.4) is 0 Å². The number of halogens is 1. The van der Waals surface area contributed by atoms with Gasteiger partial charge < -0.3 is 20.5 Å². The summed E-state index contributed by atoms with van der Waals surface area (Å²) in [5.74, 6) is -0.930. The Morgan fingerprint density at radius 3 is 2.61 bits per heavy atom.